The molecule has 0 heterocycles. The molecule has 0 saturated carbocycles. The van der Waals surface area contributed by atoms with Gasteiger partial charge >= 0.3 is 0 Å². The van der Waals surface area contributed by atoms with Crippen molar-refractivity contribution in [2.24, 2.45) is 5.14 Å². The average Bonchev–Trinajstić information content (AvgIpc) is 3.16. The molecule has 1 rings (SSSR count). The zero-order valence-corrected chi connectivity index (χ0v) is 34.2. The van der Waals surface area contributed by atoms with E-state index in [-0.39, 0.29) is 23.3 Å². The minimum atomic E-state index is -3.79. The summed E-state index contributed by atoms with van der Waals surface area (Å²) in [5.74, 6) is 0.562. The van der Waals surface area contributed by atoms with E-state index in [1.54, 1.807) is 0 Å². The number of thiol groups is 1. The lowest BCUT2D eigenvalue weighted by atomic mass is 10.1. The average molecular weight is 808 g/mol. The zero-order chi connectivity index (χ0) is 39.2. The first-order chi connectivity index (χ1) is 26.3. The van der Waals surface area contributed by atoms with Crippen LogP contribution in [0.3, 0.4) is 0 Å². The van der Waals surface area contributed by atoms with Gasteiger partial charge in [-0.3, -0.25) is 9.59 Å². The van der Waals surface area contributed by atoms with E-state index in [1.807, 2.05) is 0 Å². The van der Waals surface area contributed by atoms with E-state index in [1.165, 1.54) is 75.6 Å². The maximum absolute atomic E-state index is 12.2. The molecule has 0 saturated heterocycles. The quantitative estimate of drug-likeness (QED) is 0.0548. The molecule has 4 N–H and O–H groups in total. The number of sulfonamides is 1. The number of nitrogens with two attached hydrogens (primary N) is 1. The zero-order valence-electron chi connectivity index (χ0n) is 32.4. The van der Waals surface area contributed by atoms with Crippen molar-refractivity contribution in [1.29, 1.82) is 0 Å². The Morgan fingerprint density at radius 1 is 0.500 bits per heavy atom. The lowest BCUT2D eigenvalue weighted by Gasteiger charge is -2.09. The predicted octanol–water partition coefficient (Wildman–Crippen LogP) is 4.30. The second-order valence-electron chi connectivity index (χ2n) is 12.7. The molecule has 16 heteroatoms. The molecule has 0 aliphatic carbocycles. The first kappa shape index (κ1) is 50.2. The van der Waals surface area contributed by atoms with Crippen LogP contribution in [-0.2, 0) is 48.0 Å². The van der Waals surface area contributed by atoms with Crippen molar-refractivity contribution in [3.05, 3.63) is 29.8 Å². The number of rotatable bonds is 40. The van der Waals surface area contributed by atoms with E-state index in [0.717, 1.165) is 44.5 Å². The first-order valence-electron chi connectivity index (χ1n) is 19.7. The van der Waals surface area contributed by atoms with Crippen molar-refractivity contribution >= 4 is 34.5 Å². The van der Waals surface area contributed by atoms with Gasteiger partial charge in [-0.05, 0) is 55.7 Å². The maximum Gasteiger partial charge on any atom is 0.251 e. The van der Waals surface area contributed by atoms with Crippen molar-refractivity contribution in [3.8, 4) is 0 Å². The minimum Gasteiger partial charge on any atom is -0.379 e. The fourth-order valence-electron chi connectivity index (χ4n) is 5.02. The Morgan fingerprint density at radius 2 is 0.870 bits per heavy atom. The van der Waals surface area contributed by atoms with Crippen LogP contribution in [-0.4, -0.2) is 132 Å². The summed E-state index contributed by atoms with van der Waals surface area (Å²) in [5, 5.41) is 10.7. The van der Waals surface area contributed by atoms with Crippen LogP contribution in [0, 0.1) is 0 Å². The lowest BCUT2D eigenvalue weighted by Crippen LogP contribution is -2.29. The SMILES string of the molecule is NS(=O)(=O)c1ccc(C(=O)NCCCCCCNC(=O)COCCOCCOCCOCCOCCOCCOCCCCCCCCCCCS)cc1. The summed E-state index contributed by atoms with van der Waals surface area (Å²) in [7, 11) is -3.79. The summed E-state index contributed by atoms with van der Waals surface area (Å²) in [6.07, 6.45) is 15.0. The molecular weight excluding hydrogens is 739 g/mol. The van der Waals surface area contributed by atoms with E-state index in [4.69, 9.17) is 38.3 Å². The number of amides is 2. The largest absolute Gasteiger partial charge is 0.379 e. The van der Waals surface area contributed by atoms with E-state index >= 15 is 0 Å². The van der Waals surface area contributed by atoms with Gasteiger partial charge in [-0.15, -0.1) is 0 Å². The highest BCUT2D eigenvalue weighted by Crippen LogP contribution is 2.11. The lowest BCUT2D eigenvalue weighted by molar-refractivity contribution is -0.126. The molecule has 54 heavy (non-hydrogen) atoms. The highest BCUT2D eigenvalue weighted by molar-refractivity contribution is 7.89. The summed E-state index contributed by atoms with van der Waals surface area (Å²) in [6, 6.07) is 5.47. The van der Waals surface area contributed by atoms with Crippen LogP contribution in [0.1, 0.15) is 93.8 Å². The van der Waals surface area contributed by atoms with Crippen LogP contribution >= 0.6 is 12.6 Å². The molecule has 14 nitrogen and oxygen atoms in total. The Kier molecular flexibility index (Phi) is 34.1. The summed E-state index contributed by atoms with van der Waals surface area (Å²) in [5.41, 5.74) is 0.367. The molecule has 0 unspecified atom stereocenters. The number of hydrogen-bond acceptors (Lipinski definition) is 12. The summed E-state index contributed by atoms with van der Waals surface area (Å²) < 4.78 is 61.1. The van der Waals surface area contributed by atoms with Crippen LogP contribution in [0.25, 0.3) is 0 Å². The maximum atomic E-state index is 12.2. The van der Waals surface area contributed by atoms with Gasteiger partial charge in [0.2, 0.25) is 15.9 Å². The molecule has 0 radical (unpaired) electrons. The molecule has 0 atom stereocenters. The standard InChI is InChI=1S/C38H69N3O11S2/c39-54(44,45)36-16-14-35(15-17-36)38(43)41-19-11-7-6-10-18-40-37(42)34-52-32-31-51-30-29-50-28-27-49-26-25-48-24-23-47-22-21-46-20-12-8-4-2-1-3-5-9-13-33-53/h14-17,53H,1-13,18-34H2,(H,40,42)(H,41,43)(H2,39,44,45). The molecular formula is C38H69N3O11S2. The van der Waals surface area contributed by atoms with Gasteiger partial charge in [0.15, 0.2) is 0 Å². The van der Waals surface area contributed by atoms with Gasteiger partial charge in [-0.25, -0.2) is 13.6 Å². The molecule has 2 amide bonds. The summed E-state index contributed by atoms with van der Waals surface area (Å²) in [4.78, 5) is 24.0. The second kappa shape index (κ2) is 36.8. The highest BCUT2D eigenvalue weighted by atomic mass is 32.2. The molecule has 314 valence electrons. The Balaban J connectivity index is 1.72. The molecule has 0 aromatic heterocycles. The topological polar surface area (TPSA) is 183 Å². The number of benzene rings is 1. The van der Waals surface area contributed by atoms with Gasteiger partial charge in [0, 0.05) is 25.3 Å². The molecule has 0 aliphatic rings. The van der Waals surface area contributed by atoms with Gasteiger partial charge in [0.25, 0.3) is 5.91 Å². The predicted molar refractivity (Wildman–Crippen MR) is 213 cm³/mol. The number of carbonyl (C=O) groups is 2. The highest BCUT2D eigenvalue weighted by Gasteiger charge is 2.10. The Labute approximate surface area is 330 Å². The van der Waals surface area contributed by atoms with E-state index in [0.29, 0.717) is 97.9 Å². The number of hydrogen-bond donors (Lipinski definition) is 4. The summed E-state index contributed by atoms with van der Waals surface area (Å²) in [6.45, 7) is 7.65. The number of primary sulfonamides is 1. The molecule has 0 aliphatic heterocycles. The number of ether oxygens (including phenoxy) is 7. The number of carbonyl (C=O) groups excluding carboxylic acids is 2. The molecule has 0 spiro atoms. The Morgan fingerprint density at radius 3 is 1.31 bits per heavy atom. The molecule has 1 aromatic carbocycles. The van der Waals surface area contributed by atoms with Crippen LogP contribution in [0.4, 0.5) is 0 Å². The van der Waals surface area contributed by atoms with Crippen LogP contribution in [0.15, 0.2) is 29.2 Å². The van der Waals surface area contributed by atoms with Crippen molar-refractivity contribution in [2.75, 3.05) is 111 Å². The van der Waals surface area contributed by atoms with Gasteiger partial charge in [-0.2, -0.15) is 12.6 Å². The third-order valence-corrected chi connectivity index (χ3v) is 9.31. The van der Waals surface area contributed by atoms with Gasteiger partial charge < -0.3 is 43.8 Å². The minimum absolute atomic E-state index is 0.0224. The Hall–Kier alpha value is -1.86. The van der Waals surface area contributed by atoms with Crippen molar-refractivity contribution in [2.45, 2.75) is 88.4 Å². The molecule has 1 aromatic rings. The van der Waals surface area contributed by atoms with Crippen LogP contribution in [0.5, 0.6) is 0 Å². The smallest absolute Gasteiger partial charge is 0.251 e. The number of unbranched alkanes of at least 4 members (excludes halogenated alkanes) is 11. The number of nitrogens with one attached hydrogen (secondary N) is 2. The molecule has 0 bridgehead atoms. The fraction of sp³-hybridized carbons (Fsp3) is 0.789. The van der Waals surface area contributed by atoms with Crippen molar-refractivity contribution in [1.82, 2.24) is 10.6 Å². The van der Waals surface area contributed by atoms with E-state index < -0.39 is 10.0 Å². The first-order valence-corrected chi connectivity index (χ1v) is 21.8. The van der Waals surface area contributed by atoms with Gasteiger partial charge in [-0.1, -0.05) is 57.8 Å². The van der Waals surface area contributed by atoms with Crippen LogP contribution in [0.2, 0.25) is 0 Å². The fourth-order valence-corrected chi connectivity index (χ4v) is 5.76. The van der Waals surface area contributed by atoms with E-state index in [9.17, 15) is 18.0 Å². The summed E-state index contributed by atoms with van der Waals surface area (Å²) >= 11 is 4.25. The molecule has 0 fully saturated rings. The normalized spacial score (nSPS) is 11.6. The van der Waals surface area contributed by atoms with Crippen molar-refractivity contribution < 1.29 is 51.2 Å². The van der Waals surface area contributed by atoms with Crippen LogP contribution < -0.4 is 15.8 Å². The van der Waals surface area contributed by atoms with Gasteiger partial charge in [0.05, 0.1) is 84.2 Å². The van der Waals surface area contributed by atoms with Gasteiger partial charge in [0.1, 0.15) is 6.61 Å². The third-order valence-electron chi connectivity index (χ3n) is 8.07. The third kappa shape index (κ3) is 32.4. The van der Waals surface area contributed by atoms with E-state index in [2.05, 4.69) is 23.3 Å². The monoisotopic (exact) mass is 807 g/mol. The van der Waals surface area contributed by atoms with Crippen molar-refractivity contribution in [3.63, 3.8) is 0 Å². The Bertz CT molecular complexity index is 1130. The second-order valence-corrected chi connectivity index (χ2v) is 14.7.